The third kappa shape index (κ3) is 2.57. The third-order valence-electron chi connectivity index (χ3n) is 5.31. The molecule has 0 atom stereocenters. The molecule has 3 aromatic rings. The van der Waals surface area contributed by atoms with E-state index in [1.807, 2.05) is 24.3 Å². The van der Waals surface area contributed by atoms with Crippen molar-refractivity contribution in [2.75, 3.05) is 20.2 Å². The van der Waals surface area contributed by atoms with E-state index in [2.05, 4.69) is 15.3 Å². The van der Waals surface area contributed by atoms with E-state index < -0.39 is 5.41 Å². The van der Waals surface area contributed by atoms with Crippen LogP contribution in [-0.2, 0) is 14.9 Å². The molecular formula is C20H20FN3O2. The number of hydrogen-bond donors (Lipinski definition) is 2. The molecule has 2 N–H and O–H groups in total. The number of aromatic amines is 1. The van der Waals surface area contributed by atoms with E-state index in [0.717, 1.165) is 29.8 Å². The Morgan fingerprint density at radius 3 is 2.62 bits per heavy atom. The lowest BCUT2D eigenvalue weighted by molar-refractivity contribution is -0.148. The quantitative estimate of drug-likeness (QED) is 0.710. The average Bonchev–Trinajstić information content (AvgIpc) is 3.09. The minimum absolute atomic E-state index is 0.199. The van der Waals surface area contributed by atoms with Crippen LogP contribution < -0.4 is 5.32 Å². The van der Waals surface area contributed by atoms with Crippen LogP contribution >= 0.6 is 0 Å². The number of esters is 1. The molecule has 3 heterocycles. The van der Waals surface area contributed by atoms with Gasteiger partial charge in [0.05, 0.1) is 17.9 Å². The zero-order chi connectivity index (χ0) is 18.1. The predicted molar refractivity (Wildman–Crippen MR) is 97.3 cm³/mol. The Balaban J connectivity index is 1.76. The number of nitrogens with zero attached hydrogens (tertiary/aromatic N) is 1. The number of carbonyl (C=O) groups is 1. The number of hydrogen-bond acceptors (Lipinski definition) is 4. The van der Waals surface area contributed by atoms with Crippen molar-refractivity contribution in [1.29, 1.82) is 0 Å². The van der Waals surface area contributed by atoms with Crippen LogP contribution in [0.25, 0.3) is 22.2 Å². The first-order valence-corrected chi connectivity index (χ1v) is 8.67. The molecule has 0 saturated carbocycles. The Morgan fingerprint density at radius 2 is 1.92 bits per heavy atom. The van der Waals surface area contributed by atoms with E-state index in [0.29, 0.717) is 23.9 Å². The Kier molecular flexibility index (Phi) is 4.20. The molecule has 2 aromatic heterocycles. The third-order valence-corrected chi connectivity index (χ3v) is 5.31. The fourth-order valence-electron chi connectivity index (χ4n) is 3.89. The molecule has 134 valence electrons. The first-order chi connectivity index (χ1) is 12.7. The molecule has 1 saturated heterocycles. The van der Waals surface area contributed by atoms with Crippen molar-refractivity contribution in [3.63, 3.8) is 0 Å². The molecule has 1 aliphatic heterocycles. The van der Waals surface area contributed by atoms with Gasteiger partial charge in [-0.25, -0.2) is 9.37 Å². The van der Waals surface area contributed by atoms with Gasteiger partial charge in [0, 0.05) is 12.4 Å². The minimum Gasteiger partial charge on any atom is -0.468 e. The summed E-state index contributed by atoms with van der Waals surface area (Å²) in [5, 5.41) is 3.77. The van der Waals surface area contributed by atoms with Crippen molar-refractivity contribution in [2.45, 2.75) is 18.3 Å². The lowest BCUT2D eigenvalue weighted by atomic mass is 9.73. The molecule has 26 heavy (non-hydrogen) atoms. The molecular weight excluding hydrogens is 333 g/mol. The second-order valence-corrected chi connectivity index (χ2v) is 6.62. The Bertz CT molecular complexity index is 943. The monoisotopic (exact) mass is 353 g/mol. The summed E-state index contributed by atoms with van der Waals surface area (Å²) in [4.78, 5) is 19.5. The lowest BCUT2D eigenvalue weighted by Gasteiger charge is -2.35. The van der Waals surface area contributed by atoms with Gasteiger partial charge in [0.2, 0.25) is 0 Å². The first-order valence-electron chi connectivity index (χ1n) is 8.67. The highest BCUT2D eigenvalue weighted by Gasteiger charge is 2.42. The molecule has 0 spiro atoms. The Hall–Kier alpha value is -2.73. The van der Waals surface area contributed by atoms with Crippen LogP contribution in [0.4, 0.5) is 4.39 Å². The molecule has 1 aromatic carbocycles. The highest BCUT2D eigenvalue weighted by molar-refractivity contribution is 5.93. The van der Waals surface area contributed by atoms with Crippen LogP contribution in [0.5, 0.6) is 0 Å². The molecule has 0 aliphatic carbocycles. The van der Waals surface area contributed by atoms with Crippen molar-refractivity contribution in [3.05, 3.63) is 54.1 Å². The first kappa shape index (κ1) is 16.7. The summed E-state index contributed by atoms with van der Waals surface area (Å²) in [7, 11) is 1.43. The summed E-state index contributed by atoms with van der Waals surface area (Å²) >= 11 is 0. The smallest absolute Gasteiger partial charge is 0.316 e. The molecule has 0 bridgehead atoms. The van der Waals surface area contributed by atoms with Crippen LogP contribution in [0, 0.1) is 5.82 Å². The van der Waals surface area contributed by atoms with E-state index in [4.69, 9.17) is 4.74 Å². The normalized spacial score (nSPS) is 16.5. The number of fused-ring (bicyclic) bond motifs is 1. The van der Waals surface area contributed by atoms with E-state index >= 15 is 0 Å². The Morgan fingerprint density at radius 1 is 1.19 bits per heavy atom. The van der Waals surface area contributed by atoms with Crippen molar-refractivity contribution < 1.29 is 13.9 Å². The maximum Gasteiger partial charge on any atom is 0.316 e. The summed E-state index contributed by atoms with van der Waals surface area (Å²) < 4.78 is 19.2. The van der Waals surface area contributed by atoms with Crippen molar-refractivity contribution in [2.24, 2.45) is 0 Å². The van der Waals surface area contributed by atoms with Crippen LogP contribution in [0.1, 0.15) is 18.4 Å². The fraction of sp³-hybridized carbons (Fsp3) is 0.300. The van der Waals surface area contributed by atoms with Gasteiger partial charge in [-0.05, 0) is 48.7 Å². The number of nitrogens with one attached hydrogen (secondary N) is 2. The largest absolute Gasteiger partial charge is 0.468 e. The molecule has 0 radical (unpaired) electrons. The van der Waals surface area contributed by atoms with Crippen LogP contribution in [-0.4, -0.2) is 36.1 Å². The van der Waals surface area contributed by atoms with Crippen LogP contribution in [0.15, 0.2) is 42.7 Å². The van der Waals surface area contributed by atoms with Gasteiger partial charge in [-0.1, -0.05) is 24.3 Å². The summed E-state index contributed by atoms with van der Waals surface area (Å²) in [5.74, 6) is -0.522. The topological polar surface area (TPSA) is 67.0 Å². The average molecular weight is 353 g/mol. The highest BCUT2D eigenvalue weighted by Crippen LogP contribution is 2.37. The van der Waals surface area contributed by atoms with E-state index in [-0.39, 0.29) is 11.8 Å². The minimum atomic E-state index is -0.620. The number of halogens is 1. The molecule has 1 aliphatic rings. The zero-order valence-corrected chi connectivity index (χ0v) is 14.5. The molecule has 0 amide bonds. The maximum atomic E-state index is 14.1. The van der Waals surface area contributed by atoms with Gasteiger partial charge in [0.25, 0.3) is 0 Å². The number of pyridine rings is 1. The van der Waals surface area contributed by atoms with Gasteiger partial charge in [-0.2, -0.15) is 0 Å². The van der Waals surface area contributed by atoms with E-state index in [1.54, 1.807) is 12.3 Å². The number of methoxy groups -OCH3 is 1. The Labute approximate surface area is 150 Å². The van der Waals surface area contributed by atoms with E-state index in [1.165, 1.54) is 13.3 Å². The van der Waals surface area contributed by atoms with Crippen molar-refractivity contribution in [1.82, 2.24) is 15.3 Å². The molecule has 1 fully saturated rings. The number of piperidine rings is 1. The maximum absolute atomic E-state index is 14.1. The number of carbonyl (C=O) groups excluding carboxylic acids is 1. The SMILES string of the molecule is COC(=O)C1(c2ccc(-c3ccnc4[nH]cc(F)c34)cc2)CCNCC1. The number of ether oxygens (including phenoxy) is 1. The van der Waals surface area contributed by atoms with E-state index in [9.17, 15) is 9.18 Å². The highest BCUT2D eigenvalue weighted by atomic mass is 19.1. The second kappa shape index (κ2) is 6.53. The number of aromatic nitrogens is 2. The summed E-state index contributed by atoms with van der Waals surface area (Å²) in [6.45, 7) is 1.55. The van der Waals surface area contributed by atoms with Crippen molar-refractivity contribution in [3.8, 4) is 11.1 Å². The second-order valence-electron chi connectivity index (χ2n) is 6.62. The van der Waals surface area contributed by atoms with Gasteiger partial charge < -0.3 is 15.0 Å². The molecule has 6 heteroatoms. The standard InChI is InChI=1S/C20H20FN3O2/c1-26-19(25)20(7-10-22-11-8-20)14-4-2-13(3-5-14)15-6-9-23-18-17(15)16(21)12-24-18/h2-6,9,12,22H,7-8,10-11H2,1H3,(H,23,24). The lowest BCUT2D eigenvalue weighted by Crippen LogP contribution is -2.46. The van der Waals surface area contributed by atoms with Gasteiger partial charge in [-0.15, -0.1) is 0 Å². The molecule has 5 nitrogen and oxygen atoms in total. The molecule has 4 rings (SSSR count). The van der Waals surface area contributed by atoms with Crippen molar-refractivity contribution >= 4 is 17.0 Å². The summed E-state index contributed by atoms with van der Waals surface area (Å²) in [6.07, 6.45) is 4.37. The van der Waals surface area contributed by atoms with Gasteiger partial charge >= 0.3 is 5.97 Å². The van der Waals surface area contributed by atoms with Crippen LogP contribution in [0.3, 0.4) is 0 Å². The predicted octanol–water partition coefficient (Wildman–Crippen LogP) is 3.16. The van der Waals surface area contributed by atoms with Gasteiger partial charge in [0.15, 0.2) is 5.82 Å². The zero-order valence-electron chi connectivity index (χ0n) is 14.5. The van der Waals surface area contributed by atoms with Gasteiger partial charge in [0.1, 0.15) is 5.65 Å². The number of H-pyrrole nitrogens is 1. The fourth-order valence-corrected chi connectivity index (χ4v) is 3.89. The molecule has 0 unspecified atom stereocenters. The number of rotatable bonds is 3. The van der Waals surface area contributed by atoms with Gasteiger partial charge in [-0.3, -0.25) is 4.79 Å². The summed E-state index contributed by atoms with van der Waals surface area (Å²) in [6, 6.07) is 9.57. The van der Waals surface area contributed by atoms with Crippen LogP contribution in [0.2, 0.25) is 0 Å². The summed E-state index contributed by atoms with van der Waals surface area (Å²) in [5.41, 5.74) is 2.50. The number of benzene rings is 1.